The molecule has 0 heterocycles. The van der Waals surface area contributed by atoms with Gasteiger partial charge in [0, 0.05) is 25.8 Å². The molecule has 3 heteroatoms. The Morgan fingerprint density at radius 2 is 0.917 bits per heavy atom. The molecule has 6 aromatic rings. The first-order valence-electron chi connectivity index (χ1n) is 11.9. The Balaban J connectivity index is 0.000000302. The Hall–Kier alpha value is -1.93. The minimum Gasteiger partial charge on any atom is -1.00 e. The molecule has 0 aliphatic heterocycles. The van der Waals surface area contributed by atoms with Crippen LogP contribution in [0.3, 0.4) is 0 Å². The summed E-state index contributed by atoms with van der Waals surface area (Å²) in [7, 11) is 0. The standard InChI is InChI=1S/2C15H13.C3H6.2ClH.Hf/c2*1-2-11-9-13-8-7-12-5-3-4-6-14(12)15(13)10-11;1-3-2;;;/h2*3-10H,2H2,1H3;1-3H2;2*1H;/q2*-1;-2;;;/p-2. The summed E-state index contributed by atoms with van der Waals surface area (Å²) in [5.74, 6) is 0. The number of hydrogen-bond acceptors (Lipinski definition) is 0. The number of benzene rings is 4. The maximum atomic E-state index is 3.38. The minimum absolute atomic E-state index is 0. The Labute approximate surface area is 247 Å². The zero-order valence-corrected chi connectivity index (χ0v) is 26.1. The fourth-order valence-corrected chi connectivity index (χ4v) is 4.46. The number of fused-ring (bicyclic) bond motifs is 6. The third kappa shape index (κ3) is 7.09. The first-order chi connectivity index (χ1) is 16.2. The van der Waals surface area contributed by atoms with E-state index in [1.165, 1.54) is 54.2 Å². The second-order valence-electron chi connectivity index (χ2n) is 8.37. The Morgan fingerprint density at radius 1 is 0.556 bits per heavy atom. The van der Waals surface area contributed by atoms with Crippen molar-refractivity contribution in [2.75, 3.05) is 0 Å². The number of aryl methyl sites for hydroxylation is 2. The average Bonchev–Trinajstić information content (AvgIpc) is 3.49. The van der Waals surface area contributed by atoms with E-state index >= 15 is 0 Å². The van der Waals surface area contributed by atoms with Crippen molar-refractivity contribution < 1.29 is 50.7 Å². The zero-order chi connectivity index (χ0) is 23.2. The normalized spacial score (nSPS) is 9.89. The summed E-state index contributed by atoms with van der Waals surface area (Å²) in [5.41, 5.74) is 2.86. The predicted molar refractivity (Wildman–Crippen MR) is 148 cm³/mol. The van der Waals surface area contributed by atoms with E-state index in [2.05, 4.69) is 125 Å². The van der Waals surface area contributed by atoms with E-state index in [0.29, 0.717) is 0 Å². The summed E-state index contributed by atoms with van der Waals surface area (Å²) < 4.78 is 0. The van der Waals surface area contributed by atoms with Crippen LogP contribution in [0.1, 0.15) is 31.4 Å². The van der Waals surface area contributed by atoms with Gasteiger partial charge in [0.25, 0.3) is 0 Å². The summed E-state index contributed by atoms with van der Waals surface area (Å²) in [6.07, 6.45) is 2.98. The van der Waals surface area contributed by atoms with Crippen molar-refractivity contribution in [3.05, 3.63) is 122 Å². The van der Waals surface area contributed by atoms with Gasteiger partial charge in [0.2, 0.25) is 0 Å². The Kier molecular flexibility index (Phi) is 13.7. The molecule has 0 atom stereocenters. The first-order valence-corrected chi connectivity index (χ1v) is 11.9. The van der Waals surface area contributed by atoms with Crippen molar-refractivity contribution in [1.82, 2.24) is 0 Å². The van der Waals surface area contributed by atoms with Gasteiger partial charge in [0.05, 0.1) is 0 Å². The first kappa shape index (κ1) is 32.1. The van der Waals surface area contributed by atoms with Gasteiger partial charge in [0.15, 0.2) is 0 Å². The number of rotatable bonds is 2. The van der Waals surface area contributed by atoms with E-state index in [9.17, 15) is 0 Å². The summed E-state index contributed by atoms with van der Waals surface area (Å²) in [6, 6.07) is 35.2. The average molecular weight is 678 g/mol. The van der Waals surface area contributed by atoms with Crippen LogP contribution in [0.25, 0.3) is 43.1 Å². The quantitative estimate of drug-likeness (QED) is 0.194. The van der Waals surface area contributed by atoms with Crippen LogP contribution in [0, 0.1) is 13.8 Å². The molecule has 0 nitrogen and oxygen atoms in total. The molecule has 36 heavy (non-hydrogen) atoms. The van der Waals surface area contributed by atoms with Gasteiger partial charge in [-0.15, -0.1) is 56.9 Å². The SMILES string of the molecule is CCc1cc2c(ccc3ccccc32)[cH-]1.CCc1cc2c(ccc3ccccc32)[cH-]1.[CH2-]C[CH2-].[Cl-].[Cl-].[Hf]. The molecule has 0 spiro atoms. The number of halogens is 2. The number of hydrogen-bond donors (Lipinski definition) is 0. The molecule has 0 N–H and O–H groups in total. The van der Waals surface area contributed by atoms with E-state index in [4.69, 9.17) is 0 Å². The molecular weight excluding hydrogens is 646 g/mol. The van der Waals surface area contributed by atoms with Crippen molar-refractivity contribution in [2.24, 2.45) is 0 Å². The maximum Gasteiger partial charge on any atom is 0 e. The van der Waals surface area contributed by atoms with Crippen LogP contribution >= 0.6 is 0 Å². The van der Waals surface area contributed by atoms with Gasteiger partial charge in [-0.25, -0.2) is 0 Å². The van der Waals surface area contributed by atoms with Crippen LogP contribution in [0.15, 0.2) is 97.1 Å². The molecular formula is C33H32Cl2Hf-6. The van der Waals surface area contributed by atoms with Crippen LogP contribution in [0.2, 0.25) is 0 Å². The molecule has 0 aromatic heterocycles. The largest absolute Gasteiger partial charge is 1.00 e. The van der Waals surface area contributed by atoms with Crippen LogP contribution in [0.5, 0.6) is 0 Å². The van der Waals surface area contributed by atoms with Gasteiger partial charge >= 0.3 is 0 Å². The molecule has 0 fully saturated rings. The zero-order valence-electron chi connectivity index (χ0n) is 21.0. The maximum absolute atomic E-state index is 3.38. The van der Waals surface area contributed by atoms with Gasteiger partial charge in [-0.05, 0) is 23.6 Å². The minimum atomic E-state index is 0. The molecule has 0 aliphatic carbocycles. The van der Waals surface area contributed by atoms with E-state index in [-0.39, 0.29) is 50.7 Å². The van der Waals surface area contributed by atoms with Gasteiger partial charge in [-0.2, -0.15) is 12.1 Å². The van der Waals surface area contributed by atoms with E-state index in [0.717, 1.165) is 19.3 Å². The van der Waals surface area contributed by atoms with E-state index in [1.807, 2.05) is 0 Å². The molecule has 0 radical (unpaired) electrons. The van der Waals surface area contributed by atoms with Crippen LogP contribution in [-0.2, 0) is 38.7 Å². The van der Waals surface area contributed by atoms with Gasteiger partial charge in [-0.1, -0.05) is 85.3 Å². The fraction of sp³-hybridized carbons (Fsp3) is 0.152. The topological polar surface area (TPSA) is 0 Å². The van der Waals surface area contributed by atoms with E-state index < -0.39 is 0 Å². The molecule has 0 saturated heterocycles. The summed E-state index contributed by atoms with van der Waals surface area (Å²) in [5, 5.41) is 10.9. The molecule has 6 aromatic carbocycles. The van der Waals surface area contributed by atoms with Gasteiger partial charge in [0.1, 0.15) is 0 Å². The summed E-state index contributed by atoms with van der Waals surface area (Å²) in [6.45, 7) is 11.2. The van der Waals surface area contributed by atoms with Crippen LogP contribution in [-0.4, -0.2) is 0 Å². The van der Waals surface area contributed by atoms with Crippen LogP contribution < -0.4 is 24.8 Å². The van der Waals surface area contributed by atoms with Gasteiger partial charge in [-0.3, -0.25) is 0 Å². The van der Waals surface area contributed by atoms with Gasteiger partial charge < -0.3 is 45.1 Å². The summed E-state index contributed by atoms with van der Waals surface area (Å²) >= 11 is 0. The monoisotopic (exact) mass is 678 g/mol. The van der Waals surface area contributed by atoms with Crippen molar-refractivity contribution in [2.45, 2.75) is 33.1 Å². The van der Waals surface area contributed by atoms with Crippen LogP contribution in [0.4, 0.5) is 0 Å². The van der Waals surface area contributed by atoms with E-state index in [1.54, 1.807) is 0 Å². The third-order valence-electron chi connectivity index (χ3n) is 6.17. The molecule has 0 bridgehead atoms. The van der Waals surface area contributed by atoms with Crippen molar-refractivity contribution >= 4 is 43.1 Å². The summed E-state index contributed by atoms with van der Waals surface area (Å²) in [4.78, 5) is 0. The second-order valence-corrected chi connectivity index (χ2v) is 8.37. The second kappa shape index (κ2) is 15.4. The Bertz CT molecular complexity index is 1380. The van der Waals surface area contributed by atoms with Crippen molar-refractivity contribution in [1.29, 1.82) is 0 Å². The molecule has 188 valence electrons. The predicted octanol–water partition coefficient (Wildman–Crippen LogP) is 3.60. The van der Waals surface area contributed by atoms with Crippen molar-refractivity contribution in [3.63, 3.8) is 0 Å². The smallest absolute Gasteiger partial charge is 0 e. The fourth-order valence-electron chi connectivity index (χ4n) is 4.46. The molecule has 0 aliphatic rings. The van der Waals surface area contributed by atoms with Crippen molar-refractivity contribution in [3.8, 4) is 0 Å². The molecule has 0 amide bonds. The molecule has 0 saturated carbocycles. The third-order valence-corrected chi connectivity index (χ3v) is 6.17. The molecule has 6 rings (SSSR count). The Morgan fingerprint density at radius 3 is 1.28 bits per heavy atom. The molecule has 0 unspecified atom stereocenters.